The van der Waals surface area contributed by atoms with Crippen LogP contribution in [0.1, 0.15) is 25.0 Å². The van der Waals surface area contributed by atoms with Crippen molar-refractivity contribution in [2.45, 2.75) is 29.7 Å². The van der Waals surface area contributed by atoms with Crippen LogP contribution in [-0.2, 0) is 15.5 Å². The maximum absolute atomic E-state index is 12.2. The first-order chi connectivity index (χ1) is 9.83. The molecule has 21 heavy (non-hydrogen) atoms. The molecule has 3 atom stereocenters. The molecule has 1 amide bonds. The van der Waals surface area contributed by atoms with Crippen molar-refractivity contribution in [1.29, 1.82) is 4.78 Å². The average Bonchev–Trinajstić information content (AvgIpc) is 2.47. The van der Waals surface area contributed by atoms with E-state index in [-0.39, 0.29) is 6.42 Å². The second kappa shape index (κ2) is 10.6. The van der Waals surface area contributed by atoms with E-state index < -0.39 is 40.8 Å². The van der Waals surface area contributed by atoms with Gasteiger partial charge in [-0.15, -0.1) is 11.6 Å². The number of nitrogens with two attached hydrogens (primary N) is 1. The second-order valence-corrected chi connectivity index (χ2v) is 6.21. The third-order valence-electron chi connectivity index (χ3n) is 2.43. The zero-order chi connectivity index (χ0) is 16.4. The van der Waals surface area contributed by atoms with E-state index in [9.17, 15) is 18.7 Å². The van der Waals surface area contributed by atoms with Crippen LogP contribution in [-0.4, -0.2) is 29.1 Å². The molecule has 0 aliphatic rings. The van der Waals surface area contributed by atoms with E-state index in [4.69, 9.17) is 16.4 Å². The average molecular weight is 341 g/mol. The monoisotopic (exact) mass is 340 g/mol. The Morgan fingerprint density at radius 3 is 2.24 bits per heavy atom. The number of aliphatic hydroxyl groups excluding tert-OH is 1. The smallest absolute Gasteiger partial charge is 0.235 e. The van der Waals surface area contributed by atoms with Crippen LogP contribution in [0.2, 0.25) is 0 Å². The van der Waals surface area contributed by atoms with Crippen molar-refractivity contribution < 1.29 is 18.7 Å². The van der Waals surface area contributed by atoms with Gasteiger partial charge < -0.3 is 10.8 Å². The Kier molecular flexibility index (Phi) is 10.1. The summed E-state index contributed by atoms with van der Waals surface area (Å²) >= 11 is 5.14. The molecule has 8 heteroatoms. The summed E-state index contributed by atoms with van der Waals surface area (Å²) in [6.07, 6.45) is -0.753. The first-order valence-corrected chi connectivity index (χ1v) is 7.92. The van der Waals surface area contributed by atoms with Crippen molar-refractivity contribution in [3.63, 3.8) is 0 Å². The summed E-state index contributed by atoms with van der Waals surface area (Å²) in [6, 6.07) is 5.73. The maximum Gasteiger partial charge on any atom is 0.235 e. The molecule has 0 aromatic heterocycles. The molecule has 1 aromatic carbocycles. The molecular weight excluding hydrogens is 322 g/mol. The number of hydrogen-bond acceptors (Lipinski definition) is 3. The fraction of sp³-hybridized carbons (Fsp3) is 0.462. The number of carbonyl (C=O) groups excluding carboxylic acids is 1. The van der Waals surface area contributed by atoms with Crippen LogP contribution >= 0.6 is 11.6 Å². The molecule has 0 bridgehead atoms. The molecule has 0 aliphatic heterocycles. The summed E-state index contributed by atoms with van der Waals surface area (Å²) in [5.74, 6) is -0.475. The minimum atomic E-state index is -1.14. The molecule has 0 fully saturated rings. The summed E-state index contributed by atoms with van der Waals surface area (Å²) < 4.78 is 31.5. The Balaban J connectivity index is 0.000000567. The lowest BCUT2D eigenvalue weighted by Gasteiger charge is -2.09. The van der Waals surface area contributed by atoms with Crippen LogP contribution in [0.15, 0.2) is 29.2 Å². The van der Waals surface area contributed by atoms with E-state index in [2.05, 4.69) is 5.73 Å². The molecule has 4 nitrogen and oxygen atoms in total. The molecule has 0 saturated carbocycles. The summed E-state index contributed by atoms with van der Waals surface area (Å²) in [7, 11) is -1.14. The van der Waals surface area contributed by atoms with Crippen molar-refractivity contribution in [3.05, 3.63) is 29.8 Å². The first-order valence-electron chi connectivity index (χ1n) is 6.08. The lowest BCUT2D eigenvalue weighted by molar-refractivity contribution is -0.117. The summed E-state index contributed by atoms with van der Waals surface area (Å²) in [4.78, 5) is 10.4. The zero-order valence-electron chi connectivity index (χ0n) is 11.6. The third-order valence-corrected chi connectivity index (χ3v) is 3.71. The van der Waals surface area contributed by atoms with E-state index in [1.54, 1.807) is 24.3 Å². The standard InChI is InChI=1S/C10H13F2NOS.C3H6ClNO/c11-6-5-10(14)8-1-3-9(4-2-8)15(13)7-12;1-2(4)3(5)6/h1-4,10,13-14H,5-7H2;2H,1H3,(H2,5,6). The quantitative estimate of drug-likeness (QED) is 0.695. The molecule has 1 aromatic rings. The van der Waals surface area contributed by atoms with Gasteiger partial charge in [-0.1, -0.05) is 12.1 Å². The number of amides is 1. The normalized spacial score (nSPS) is 14.5. The second-order valence-electron chi connectivity index (χ2n) is 4.08. The van der Waals surface area contributed by atoms with E-state index >= 15 is 0 Å². The van der Waals surface area contributed by atoms with E-state index in [0.29, 0.717) is 10.5 Å². The van der Waals surface area contributed by atoms with Gasteiger partial charge in [0.1, 0.15) is 11.4 Å². The Morgan fingerprint density at radius 2 is 1.90 bits per heavy atom. The fourth-order valence-corrected chi connectivity index (χ4v) is 1.78. The highest BCUT2D eigenvalue weighted by Crippen LogP contribution is 2.18. The minimum Gasteiger partial charge on any atom is -0.388 e. The fourth-order valence-electron chi connectivity index (χ4n) is 1.19. The molecule has 0 spiro atoms. The molecule has 120 valence electrons. The predicted octanol–water partition coefficient (Wildman–Crippen LogP) is 2.85. The number of aliphatic hydroxyl groups is 1. The molecule has 0 aliphatic carbocycles. The van der Waals surface area contributed by atoms with Gasteiger partial charge >= 0.3 is 0 Å². The number of nitrogens with one attached hydrogen (secondary N) is 1. The van der Waals surface area contributed by atoms with Crippen LogP contribution in [0.4, 0.5) is 8.78 Å². The largest absolute Gasteiger partial charge is 0.388 e. The molecule has 0 saturated heterocycles. The Labute approximate surface area is 130 Å². The van der Waals surface area contributed by atoms with E-state index in [1.165, 1.54) is 6.92 Å². The highest BCUT2D eigenvalue weighted by Gasteiger charge is 2.07. The summed E-state index contributed by atoms with van der Waals surface area (Å²) in [5.41, 5.74) is 5.27. The number of halogens is 3. The van der Waals surface area contributed by atoms with Crippen molar-refractivity contribution in [1.82, 2.24) is 0 Å². The van der Waals surface area contributed by atoms with Crippen molar-refractivity contribution >= 4 is 28.2 Å². The third kappa shape index (κ3) is 8.08. The highest BCUT2D eigenvalue weighted by molar-refractivity contribution is 7.85. The highest BCUT2D eigenvalue weighted by atomic mass is 35.5. The molecule has 1 rings (SSSR count). The van der Waals surface area contributed by atoms with Gasteiger partial charge in [-0.25, -0.2) is 4.39 Å². The SMILES string of the molecule is CC(Cl)C(N)=O.N=S(CF)c1ccc(C(O)CCF)cc1. The summed E-state index contributed by atoms with van der Waals surface area (Å²) in [5, 5.41) is 8.91. The number of primary amides is 1. The molecule has 3 unspecified atom stereocenters. The van der Waals surface area contributed by atoms with Crippen LogP contribution in [0.25, 0.3) is 0 Å². The number of benzene rings is 1. The van der Waals surface area contributed by atoms with Gasteiger partial charge in [0, 0.05) is 11.3 Å². The number of rotatable bonds is 6. The van der Waals surface area contributed by atoms with Gasteiger partial charge in [0.05, 0.1) is 12.8 Å². The van der Waals surface area contributed by atoms with Gasteiger partial charge in [0.25, 0.3) is 0 Å². The lowest BCUT2D eigenvalue weighted by Crippen LogP contribution is -2.19. The minimum absolute atomic E-state index is 0.0645. The maximum atomic E-state index is 12.2. The lowest BCUT2D eigenvalue weighted by atomic mass is 10.1. The first kappa shape index (κ1) is 19.9. The molecule has 0 heterocycles. The van der Waals surface area contributed by atoms with E-state index in [0.717, 1.165) is 0 Å². The Hall–Kier alpha value is -1.05. The van der Waals surface area contributed by atoms with Crippen LogP contribution in [0.5, 0.6) is 0 Å². The Bertz CT molecular complexity index is 458. The molecular formula is C13H19ClF2N2O2S. The molecule has 4 N–H and O–H groups in total. The van der Waals surface area contributed by atoms with Crippen LogP contribution in [0, 0.1) is 4.78 Å². The van der Waals surface area contributed by atoms with Crippen LogP contribution in [0.3, 0.4) is 0 Å². The Morgan fingerprint density at radius 1 is 1.43 bits per heavy atom. The number of carbonyl (C=O) groups is 1. The van der Waals surface area contributed by atoms with Gasteiger partial charge in [0.2, 0.25) is 5.91 Å². The van der Waals surface area contributed by atoms with Gasteiger partial charge in [0.15, 0.2) is 0 Å². The number of hydrogen-bond donors (Lipinski definition) is 3. The van der Waals surface area contributed by atoms with Gasteiger partial charge in [-0.05, 0) is 35.3 Å². The predicted molar refractivity (Wildman–Crippen MR) is 80.8 cm³/mol. The molecule has 0 radical (unpaired) electrons. The van der Waals surface area contributed by atoms with Gasteiger partial charge in [-0.2, -0.15) is 0 Å². The van der Waals surface area contributed by atoms with Crippen molar-refractivity contribution in [3.8, 4) is 0 Å². The van der Waals surface area contributed by atoms with Gasteiger partial charge in [-0.3, -0.25) is 14.0 Å². The number of alkyl halides is 3. The van der Waals surface area contributed by atoms with E-state index in [1.807, 2.05) is 0 Å². The van der Waals surface area contributed by atoms with Crippen molar-refractivity contribution in [2.24, 2.45) is 5.73 Å². The summed E-state index contributed by atoms with van der Waals surface area (Å²) in [6.45, 7) is 0.958. The topological polar surface area (TPSA) is 87.2 Å². The van der Waals surface area contributed by atoms with Crippen molar-refractivity contribution in [2.75, 3.05) is 12.7 Å². The zero-order valence-corrected chi connectivity index (χ0v) is 13.1. The van der Waals surface area contributed by atoms with Crippen LogP contribution < -0.4 is 5.73 Å².